The highest BCUT2D eigenvalue weighted by Gasteiger charge is 1.75. The van der Waals surface area contributed by atoms with E-state index in [1.54, 1.807) is 18.8 Å². The van der Waals surface area contributed by atoms with Crippen molar-refractivity contribution < 1.29 is 0 Å². The van der Waals surface area contributed by atoms with Crippen LogP contribution in [0.3, 0.4) is 0 Å². The molecule has 0 radical (unpaired) electrons. The van der Waals surface area contributed by atoms with Crippen LogP contribution in [0.25, 0.3) is 0 Å². The minimum atomic E-state index is 1.13. The zero-order valence-corrected chi connectivity index (χ0v) is 8.59. The molecule has 0 spiro atoms. The minimum absolute atomic E-state index is 1.13. The minimum Gasteiger partial charge on any atom is -0.287 e. The Labute approximate surface area is 69.6 Å². The van der Waals surface area contributed by atoms with E-state index in [0.717, 1.165) is 5.04 Å². The van der Waals surface area contributed by atoms with E-state index >= 15 is 0 Å². The van der Waals surface area contributed by atoms with Gasteiger partial charge in [-0.15, -0.1) is 24.9 Å². The van der Waals surface area contributed by atoms with Crippen LogP contribution in [-0.2, 0) is 0 Å². The summed E-state index contributed by atoms with van der Waals surface area (Å²) in [5, 5.41) is 1.13. The van der Waals surface area contributed by atoms with Gasteiger partial charge in [0.1, 0.15) is 0 Å². The van der Waals surface area contributed by atoms with Crippen LogP contribution in [0.2, 0.25) is 0 Å². The van der Waals surface area contributed by atoms with E-state index in [4.69, 9.17) is 0 Å². The first-order chi connectivity index (χ1) is 4.81. The van der Waals surface area contributed by atoms with Gasteiger partial charge < -0.3 is 0 Å². The summed E-state index contributed by atoms with van der Waals surface area (Å²) in [6.45, 7) is 12.0. The van der Waals surface area contributed by atoms with Gasteiger partial charge in [-0.2, -0.15) is 0 Å². The van der Waals surface area contributed by atoms with Crippen molar-refractivity contribution in [1.29, 1.82) is 0 Å². The maximum atomic E-state index is 3.89. The molecule has 0 aliphatic carbocycles. The molecule has 0 heterocycles. The number of nitrogens with zero attached hydrogens (tertiary/aromatic N) is 1. The Morgan fingerprint density at radius 3 is 1.60 bits per heavy atom. The van der Waals surface area contributed by atoms with Gasteiger partial charge >= 0.3 is 0 Å². The van der Waals surface area contributed by atoms with E-state index < -0.39 is 0 Å². The molecule has 0 unspecified atom stereocenters. The third kappa shape index (κ3) is 25.1. The fourth-order valence-corrected chi connectivity index (χ4v) is 0.274. The predicted molar refractivity (Wildman–Crippen MR) is 55.2 cm³/mol. The van der Waals surface area contributed by atoms with Gasteiger partial charge in [-0.05, 0) is 13.2 Å². The molecule has 62 valence electrons. The summed E-state index contributed by atoms with van der Waals surface area (Å²) in [6.07, 6.45) is 2.02. The van der Waals surface area contributed by atoms with Crippen molar-refractivity contribution in [2.24, 2.45) is 4.99 Å². The lowest BCUT2D eigenvalue weighted by Crippen LogP contribution is -1.76. The van der Waals surface area contributed by atoms with Crippen molar-refractivity contribution in [3.8, 4) is 0 Å². The van der Waals surface area contributed by atoms with Crippen molar-refractivity contribution in [3.63, 3.8) is 0 Å². The van der Waals surface area contributed by atoms with Crippen molar-refractivity contribution in [1.82, 2.24) is 0 Å². The van der Waals surface area contributed by atoms with Crippen LogP contribution in [0.15, 0.2) is 18.2 Å². The Bertz CT molecular complexity index is 69.7. The highest BCUT2D eigenvalue weighted by atomic mass is 32.2. The van der Waals surface area contributed by atoms with Crippen LogP contribution in [0.4, 0.5) is 0 Å². The van der Waals surface area contributed by atoms with Gasteiger partial charge in [0.25, 0.3) is 0 Å². The molecule has 0 aromatic rings. The first-order valence-electron chi connectivity index (χ1n) is 3.28. The second kappa shape index (κ2) is 23.3. The predicted octanol–water partition coefficient (Wildman–Crippen LogP) is 3.23. The summed E-state index contributed by atoms with van der Waals surface area (Å²) < 4.78 is 0. The average Bonchev–Trinajstić information content (AvgIpc) is 2.10. The zero-order chi connectivity index (χ0) is 8.99. The Morgan fingerprint density at radius 2 is 1.60 bits per heavy atom. The highest BCUT2D eigenvalue weighted by molar-refractivity contribution is 8.13. The maximum Gasteiger partial charge on any atom is 0.0638 e. The Balaban J connectivity index is -0.000000105. The van der Waals surface area contributed by atoms with Gasteiger partial charge in [0, 0.05) is 7.05 Å². The summed E-state index contributed by atoms with van der Waals surface area (Å²) >= 11 is 1.67. The lowest BCUT2D eigenvalue weighted by Gasteiger charge is -1.83. The van der Waals surface area contributed by atoms with Crippen LogP contribution >= 0.6 is 11.8 Å². The smallest absolute Gasteiger partial charge is 0.0638 e. The van der Waals surface area contributed by atoms with E-state index in [1.165, 1.54) is 0 Å². The zero-order valence-electron chi connectivity index (χ0n) is 7.77. The molecular weight excluding hydrogens is 142 g/mol. The van der Waals surface area contributed by atoms with E-state index in [9.17, 15) is 0 Å². The number of thioether (sulfide) groups is 1. The molecule has 0 N–H and O–H groups in total. The SMILES string of the molecule is C=C.CC.CN=C(C)SC. The van der Waals surface area contributed by atoms with Gasteiger partial charge in [0.15, 0.2) is 0 Å². The maximum absolute atomic E-state index is 3.89. The molecule has 0 aromatic carbocycles. The summed E-state index contributed by atoms with van der Waals surface area (Å²) in [7, 11) is 1.80. The Morgan fingerprint density at radius 1 is 1.30 bits per heavy atom. The molecule has 0 rings (SSSR count). The van der Waals surface area contributed by atoms with Crippen molar-refractivity contribution in [3.05, 3.63) is 13.2 Å². The van der Waals surface area contributed by atoms with E-state index in [1.807, 2.05) is 27.0 Å². The Kier molecular flexibility index (Phi) is 38.2. The second-order valence-corrected chi connectivity index (χ2v) is 1.95. The summed E-state index contributed by atoms with van der Waals surface area (Å²) in [5.41, 5.74) is 0. The molecule has 10 heavy (non-hydrogen) atoms. The molecule has 0 fully saturated rings. The standard InChI is InChI=1S/C4H9NS.C2H6.C2H4/c1-4(5-2)6-3;2*1-2/h1-3H3;1-2H3;1-2H2. The molecule has 0 saturated carbocycles. The first kappa shape index (κ1) is 16.4. The molecule has 0 bridgehead atoms. The molecule has 0 amide bonds. The molecule has 0 aliphatic heterocycles. The molecular formula is C8H19NS. The summed E-state index contributed by atoms with van der Waals surface area (Å²) in [6, 6.07) is 0. The number of aliphatic imine (C=N–C) groups is 1. The third-order valence-electron chi connectivity index (χ3n) is 0.610. The molecule has 0 saturated heterocycles. The number of hydrogen-bond acceptors (Lipinski definition) is 2. The van der Waals surface area contributed by atoms with Crippen LogP contribution in [0, 0.1) is 0 Å². The van der Waals surface area contributed by atoms with E-state index in [-0.39, 0.29) is 0 Å². The van der Waals surface area contributed by atoms with Crippen molar-refractivity contribution in [2.75, 3.05) is 13.3 Å². The molecule has 2 heteroatoms. The topological polar surface area (TPSA) is 12.4 Å². The van der Waals surface area contributed by atoms with Gasteiger partial charge in [-0.25, -0.2) is 0 Å². The third-order valence-corrected chi connectivity index (χ3v) is 1.38. The van der Waals surface area contributed by atoms with Gasteiger partial charge in [-0.1, -0.05) is 13.8 Å². The monoisotopic (exact) mass is 161 g/mol. The van der Waals surface area contributed by atoms with Gasteiger partial charge in [-0.3, -0.25) is 4.99 Å². The second-order valence-electron chi connectivity index (χ2n) is 0.947. The average molecular weight is 161 g/mol. The first-order valence-corrected chi connectivity index (χ1v) is 4.51. The largest absolute Gasteiger partial charge is 0.287 e. The molecule has 0 atom stereocenters. The molecule has 0 aliphatic rings. The summed E-state index contributed by atoms with van der Waals surface area (Å²) in [4.78, 5) is 3.89. The molecule has 1 nitrogen and oxygen atoms in total. The molecule has 0 aromatic heterocycles. The van der Waals surface area contributed by atoms with Crippen molar-refractivity contribution in [2.45, 2.75) is 20.8 Å². The van der Waals surface area contributed by atoms with Gasteiger partial charge in [0.2, 0.25) is 0 Å². The van der Waals surface area contributed by atoms with Crippen LogP contribution in [-0.4, -0.2) is 18.3 Å². The highest BCUT2D eigenvalue weighted by Crippen LogP contribution is 1.92. The van der Waals surface area contributed by atoms with E-state index in [2.05, 4.69) is 18.2 Å². The van der Waals surface area contributed by atoms with Crippen LogP contribution < -0.4 is 0 Å². The fraction of sp³-hybridized carbons (Fsp3) is 0.625. The van der Waals surface area contributed by atoms with Crippen LogP contribution in [0.5, 0.6) is 0 Å². The fourth-order valence-electron chi connectivity index (χ4n) is 0.0913. The lowest BCUT2D eigenvalue weighted by atomic mass is 10.9. The normalized spacial score (nSPS) is 8.30. The number of rotatable bonds is 0. The summed E-state index contributed by atoms with van der Waals surface area (Å²) in [5.74, 6) is 0. The Hall–Kier alpha value is -0.240. The van der Waals surface area contributed by atoms with Crippen LogP contribution in [0.1, 0.15) is 20.8 Å². The lowest BCUT2D eigenvalue weighted by molar-refractivity contribution is 1.45. The number of hydrogen-bond donors (Lipinski definition) is 0. The van der Waals surface area contributed by atoms with Gasteiger partial charge in [0.05, 0.1) is 5.04 Å². The quantitative estimate of drug-likeness (QED) is 0.302. The van der Waals surface area contributed by atoms with E-state index in [0.29, 0.717) is 0 Å². The van der Waals surface area contributed by atoms with Crippen molar-refractivity contribution >= 4 is 16.8 Å².